The first-order valence-electron chi connectivity index (χ1n) is 17.3. The number of aryl methyl sites for hydroxylation is 2. The fraction of sp³-hybridized carbons (Fsp3) is 0.485. The van der Waals surface area contributed by atoms with Crippen molar-refractivity contribution in [2.75, 3.05) is 24.5 Å². The van der Waals surface area contributed by atoms with Crippen LogP contribution in [0.3, 0.4) is 0 Å². The second-order valence-electron chi connectivity index (χ2n) is 12.6. The van der Waals surface area contributed by atoms with Crippen molar-refractivity contribution in [1.82, 2.24) is 28.7 Å². The fourth-order valence-electron chi connectivity index (χ4n) is 4.47. The number of halogens is 6. The van der Waals surface area contributed by atoms with E-state index in [1.807, 2.05) is 13.8 Å². The molecule has 0 atom stereocenters. The average molecular weight is 972 g/mol. The van der Waals surface area contributed by atoms with Gasteiger partial charge in [0.15, 0.2) is 44.6 Å². The van der Waals surface area contributed by atoms with E-state index in [1.165, 1.54) is 23.0 Å². The van der Waals surface area contributed by atoms with Crippen LogP contribution in [0.15, 0.2) is 63.2 Å². The molecular weight excluding hydrogens is 929 g/mol. The Morgan fingerprint density at radius 1 is 0.645 bits per heavy atom. The molecule has 0 aliphatic carbocycles. The van der Waals surface area contributed by atoms with Crippen LogP contribution in [0, 0.1) is 19.3 Å². The summed E-state index contributed by atoms with van der Waals surface area (Å²) < 4.78 is 172. The fourth-order valence-corrected chi connectivity index (χ4v) is 7.04. The molecule has 0 aromatic carbocycles. The maximum atomic E-state index is 12.6. The Balaban J connectivity index is 0.000000414. The molecule has 19 nitrogen and oxygen atoms in total. The van der Waals surface area contributed by atoms with Crippen molar-refractivity contribution in [3.05, 3.63) is 89.5 Å². The molecule has 0 unspecified atom stereocenters. The van der Waals surface area contributed by atoms with Crippen molar-refractivity contribution in [2.45, 2.75) is 93.6 Å². The number of hydrogen-bond acceptors (Lipinski definition) is 16. The molecule has 29 heteroatoms. The summed E-state index contributed by atoms with van der Waals surface area (Å²) in [6, 6.07) is 3.44. The first kappa shape index (κ1) is 55.0. The summed E-state index contributed by atoms with van der Waals surface area (Å²) >= 11 is 0. The number of hydrogen-bond donors (Lipinski definition) is 1. The minimum atomic E-state index is -4.88. The normalized spacial score (nSPS) is 12.3. The third kappa shape index (κ3) is 14.8. The van der Waals surface area contributed by atoms with Gasteiger partial charge >= 0.3 is 12.4 Å². The Bertz CT molecular complexity index is 3000. The van der Waals surface area contributed by atoms with Gasteiger partial charge in [-0.05, 0) is 27.7 Å². The van der Waals surface area contributed by atoms with E-state index in [2.05, 4.69) is 19.4 Å². The number of nitrogens with one attached hydrogen (secondary N) is 1. The summed E-state index contributed by atoms with van der Waals surface area (Å²) in [6.07, 6.45) is -6.72. The zero-order chi connectivity index (χ0) is 48.7. The number of rotatable bonds is 8. The van der Waals surface area contributed by atoms with Crippen LogP contribution < -0.4 is 22.0 Å². The lowest BCUT2D eigenvalue weighted by molar-refractivity contribution is -0.156. The standard InChI is InChI=1S/C9H14N2O3S.C8H9F3N2O3S.C8H8F3NO3S.C8H12N2O3S/c1-4-7-10-8(15(3,13)14)6-9(12)11(7)5-2;1-3-13-6(14)4-5(17(2,15)16)12-7(13)8(9,10)11;1-4-5(12)3-6(16(2,13)14)15-7(4)8(9,10)11;1-4-14(12,13)7-5-8(11)10(3)6(2)9-7/h6H,4-5H2,1-3H3;4H,3H2,1-2H3;3,12H,1-2H3;5H,4H2,1-3H3. The van der Waals surface area contributed by atoms with Crippen LogP contribution in [0.1, 0.15) is 56.5 Å². The molecule has 4 rings (SSSR count). The van der Waals surface area contributed by atoms with Gasteiger partial charge in [-0.3, -0.25) is 28.1 Å². The minimum Gasteiger partial charge on any atom is -0.440 e. The SMILES string of the molecule is CCS(=O)(=O)c1cc(=O)n(C)c(C)n1.CCc1nc(S(C)(=O)=O)cc(=O)n1CC.CCn1c(C(F)(F)F)nc(S(C)(=O)=O)cc1=O.Cc1c(C(F)(F)F)oc(S(C)(=O)=O)cc1=N. The lowest BCUT2D eigenvalue weighted by Gasteiger charge is -2.13. The molecule has 0 saturated carbocycles. The average Bonchev–Trinajstić information content (AvgIpc) is 3.12. The molecule has 4 aromatic rings. The van der Waals surface area contributed by atoms with Gasteiger partial charge < -0.3 is 9.83 Å². The van der Waals surface area contributed by atoms with Crippen molar-refractivity contribution in [3.63, 3.8) is 0 Å². The predicted octanol–water partition coefficient (Wildman–Crippen LogP) is 2.29. The second-order valence-corrected chi connectivity index (χ2v) is 20.7. The van der Waals surface area contributed by atoms with E-state index >= 15 is 0 Å². The van der Waals surface area contributed by atoms with Crippen LogP contribution in [0.25, 0.3) is 0 Å². The molecule has 0 aliphatic rings. The number of nitrogens with zero attached hydrogens (tertiary/aromatic N) is 6. The summed E-state index contributed by atoms with van der Waals surface area (Å²) in [4.78, 5) is 45.0. The Kier molecular flexibility index (Phi) is 18.1. The van der Waals surface area contributed by atoms with Crippen molar-refractivity contribution in [2.24, 2.45) is 7.05 Å². The first-order chi connectivity index (χ1) is 27.9. The van der Waals surface area contributed by atoms with E-state index < -0.39 is 89.9 Å². The van der Waals surface area contributed by atoms with Crippen LogP contribution in [0.4, 0.5) is 26.3 Å². The van der Waals surface area contributed by atoms with E-state index in [4.69, 9.17) is 5.41 Å². The highest BCUT2D eigenvalue weighted by molar-refractivity contribution is 7.91. The highest BCUT2D eigenvalue weighted by Crippen LogP contribution is 2.32. The highest BCUT2D eigenvalue weighted by atomic mass is 32.2. The van der Waals surface area contributed by atoms with Crippen molar-refractivity contribution >= 4 is 39.3 Å². The molecule has 62 heavy (non-hydrogen) atoms. The number of aromatic nitrogens is 6. The lowest BCUT2D eigenvalue weighted by Crippen LogP contribution is -2.30. The van der Waals surface area contributed by atoms with E-state index in [9.17, 15) is 74.4 Å². The largest absolute Gasteiger partial charge is 0.449 e. The van der Waals surface area contributed by atoms with Crippen LogP contribution in [-0.2, 0) is 78.3 Å². The molecule has 4 aromatic heterocycles. The summed E-state index contributed by atoms with van der Waals surface area (Å²) in [5.41, 5.74) is -2.16. The maximum Gasteiger partial charge on any atom is 0.449 e. The van der Waals surface area contributed by atoms with Gasteiger partial charge in [-0.15, -0.1) is 0 Å². The quantitative estimate of drug-likeness (QED) is 0.196. The van der Waals surface area contributed by atoms with E-state index in [1.54, 1.807) is 14.0 Å². The van der Waals surface area contributed by atoms with Crippen LogP contribution >= 0.6 is 0 Å². The Hall–Kier alpha value is -5.03. The van der Waals surface area contributed by atoms with Gasteiger partial charge in [-0.2, -0.15) is 26.3 Å². The summed E-state index contributed by atoms with van der Waals surface area (Å²) in [5, 5.41) is 4.68. The smallest absolute Gasteiger partial charge is 0.440 e. The van der Waals surface area contributed by atoms with E-state index in [0.717, 1.165) is 31.4 Å². The summed E-state index contributed by atoms with van der Waals surface area (Å²) in [7, 11) is -13.1. The van der Waals surface area contributed by atoms with Gasteiger partial charge in [0.1, 0.15) is 11.6 Å². The summed E-state index contributed by atoms with van der Waals surface area (Å²) in [5.74, 6) is -2.12. The van der Waals surface area contributed by atoms with Crippen molar-refractivity contribution in [3.8, 4) is 0 Å². The maximum absolute atomic E-state index is 12.6. The van der Waals surface area contributed by atoms with E-state index in [0.29, 0.717) is 47.8 Å². The van der Waals surface area contributed by atoms with Gasteiger partial charge in [0.05, 0.1) is 11.1 Å². The Morgan fingerprint density at radius 2 is 1.10 bits per heavy atom. The monoisotopic (exact) mass is 971 g/mol. The molecule has 0 fully saturated rings. The molecule has 1 N–H and O–H groups in total. The molecule has 348 valence electrons. The lowest BCUT2D eigenvalue weighted by atomic mass is 10.2. The van der Waals surface area contributed by atoms with Crippen LogP contribution in [0.5, 0.6) is 0 Å². The van der Waals surface area contributed by atoms with Crippen molar-refractivity contribution < 1.29 is 64.4 Å². The highest BCUT2D eigenvalue weighted by Gasteiger charge is 2.38. The predicted molar refractivity (Wildman–Crippen MR) is 208 cm³/mol. The number of alkyl halides is 6. The summed E-state index contributed by atoms with van der Waals surface area (Å²) in [6.45, 7) is 9.39. The topological polar surface area (TPSA) is 278 Å². The van der Waals surface area contributed by atoms with Gasteiger partial charge in [0.25, 0.3) is 16.7 Å². The van der Waals surface area contributed by atoms with Gasteiger partial charge in [0.2, 0.25) is 26.5 Å². The molecule has 0 aliphatic heterocycles. The molecule has 0 bridgehead atoms. The third-order valence-corrected chi connectivity index (χ3v) is 12.4. The molecular formula is C33H43F6N7O12S4. The van der Waals surface area contributed by atoms with Crippen molar-refractivity contribution in [1.29, 1.82) is 5.41 Å². The number of sulfone groups is 4. The van der Waals surface area contributed by atoms with Gasteiger partial charge in [0, 0.05) is 75.2 Å². The second kappa shape index (κ2) is 20.4. The molecule has 0 radical (unpaired) electrons. The molecule has 0 saturated heterocycles. The molecule has 4 heterocycles. The Labute approximate surface area is 351 Å². The zero-order valence-electron chi connectivity index (χ0n) is 34.6. The van der Waals surface area contributed by atoms with Gasteiger partial charge in [-0.25, -0.2) is 48.6 Å². The van der Waals surface area contributed by atoms with Crippen LogP contribution in [0.2, 0.25) is 0 Å². The first-order valence-corrected chi connectivity index (χ1v) is 24.6. The zero-order valence-corrected chi connectivity index (χ0v) is 37.9. The minimum absolute atomic E-state index is 0.0490. The molecule has 0 amide bonds. The van der Waals surface area contributed by atoms with Gasteiger partial charge in [-0.1, -0.05) is 13.8 Å². The molecule has 0 spiro atoms. The van der Waals surface area contributed by atoms with E-state index in [-0.39, 0.29) is 33.5 Å². The Morgan fingerprint density at radius 3 is 1.47 bits per heavy atom. The van der Waals surface area contributed by atoms with Crippen LogP contribution in [-0.4, -0.2) is 86.8 Å². The third-order valence-electron chi connectivity index (χ3n) is 7.88.